The van der Waals surface area contributed by atoms with Crippen molar-refractivity contribution in [2.75, 3.05) is 6.61 Å². The fourth-order valence-electron chi connectivity index (χ4n) is 1.55. The Kier molecular flexibility index (Phi) is 3.92. The van der Waals surface area contributed by atoms with Gasteiger partial charge in [-0.1, -0.05) is 48.5 Å². The molecule has 2 heteroatoms. The second kappa shape index (κ2) is 5.85. The third kappa shape index (κ3) is 3.45. The normalized spacial score (nSPS) is 9.88. The lowest BCUT2D eigenvalue weighted by molar-refractivity contribution is 0.0962. The van der Waals surface area contributed by atoms with E-state index in [-0.39, 0.29) is 5.78 Å². The van der Waals surface area contributed by atoms with Gasteiger partial charge < -0.3 is 4.74 Å². The van der Waals surface area contributed by atoms with Crippen molar-refractivity contribution in [3.8, 4) is 5.75 Å². The molecule has 0 N–H and O–H groups in total. The van der Waals surface area contributed by atoms with Crippen molar-refractivity contribution in [2.24, 2.45) is 0 Å². The van der Waals surface area contributed by atoms with Crippen LogP contribution in [0.5, 0.6) is 5.75 Å². The zero-order valence-corrected chi connectivity index (χ0v) is 9.50. The second-order valence-corrected chi connectivity index (χ2v) is 3.70. The summed E-state index contributed by atoms with van der Waals surface area (Å²) in [5.41, 5.74) is 0.740. The summed E-state index contributed by atoms with van der Waals surface area (Å²) in [6, 6.07) is 18.8. The van der Waals surface area contributed by atoms with Gasteiger partial charge in [-0.2, -0.15) is 0 Å². The third-order valence-corrected chi connectivity index (χ3v) is 2.44. The van der Waals surface area contributed by atoms with Crippen molar-refractivity contribution >= 4 is 5.78 Å². The highest BCUT2D eigenvalue weighted by molar-refractivity contribution is 5.96. The summed E-state index contributed by atoms with van der Waals surface area (Å²) in [7, 11) is 0. The third-order valence-electron chi connectivity index (χ3n) is 2.44. The molecule has 0 heterocycles. The summed E-state index contributed by atoms with van der Waals surface area (Å²) >= 11 is 0. The summed E-state index contributed by atoms with van der Waals surface area (Å²) in [6.07, 6.45) is 0.402. The average molecular weight is 226 g/mol. The average Bonchev–Trinajstić information content (AvgIpc) is 2.41. The molecular weight excluding hydrogens is 212 g/mol. The number of Topliss-reactive ketones (excluding diaryl/α,β-unsaturated/α-hetero) is 1. The Labute approximate surface area is 101 Å². The molecule has 2 aromatic rings. The standard InChI is InChI=1S/C15H14O2/c16-15(13-7-3-1-4-8-13)11-12-17-14-9-5-2-6-10-14/h1-10H,11-12H2. The lowest BCUT2D eigenvalue weighted by atomic mass is 10.1. The van der Waals surface area contributed by atoms with Crippen LogP contribution in [0.2, 0.25) is 0 Å². The molecule has 0 amide bonds. The Balaban J connectivity index is 1.82. The number of rotatable bonds is 5. The van der Waals surface area contributed by atoms with Gasteiger partial charge in [-0.05, 0) is 12.1 Å². The van der Waals surface area contributed by atoms with Crippen molar-refractivity contribution in [1.29, 1.82) is 0 Å². The zero-order chi connectivity index (χ0) is 11.9. The van der Waals surface area contributed by atoms with E-state index in [0.717, 1.165) is 11.3 Å². The Hall–Kier alpha value is -2.09. The molecule has 0 aromatic heterocycles. The molecule has 0 spiro atoms. The largest absolute Gasteiger partial charge is 0.493 e. The molecule has 0 unspecified atom stereocenters. The fourth-order valence-corrected chi connectivity index (χ4v) is 1.55. The number of carbonyl (C=O) groups is 1. The zero-order valence-electron chi connectivity index (χ0n) is 9.50. The van der Waals surface area contributed by atoms with Crippen LogP contribution in [0.3, 0.4) is 0 Å². The van der Waals surface area contributed by atoms with E-state index in [4.69, 9.17) is 4.74 Å². The summed E-state index contributed by atoms with van der Waals surface area (Å²) in [6.45, 7) is 0.414. The molecule has 0 fully saturated rings. The molecule has 0 bridgehead atoms. The van der Waals surface area contributed by atoms with Gasteiger partial charge in [0, 0.05) is 12.0 Å². The van der Waals surface area contributed by atoms with Gasteiger partial charge in [0.25, 0.3) is 0 Å². The molecule has 2 nitrogen and oxygen atoms in total. The predicted molar refractivity (Wildman–Crippen MR) is 67.3 cm³/mol. The Morgan fingerprint density at radius 2 is 1.47 bits per heavy atom. The minimum atomic E-state index is 0.113. The molecule has 0 saturated heterocycles. The van der Waals surface area contributed by atoms with Gasteiger partial charge in [-0.3, -0.25) is 4.79 Å². The van der Waals surface area contributed by atoms with Crippen LogP contribution in [-0.4, -0.2) is 12.4 Å². The van der Waals surface area contributed by atoms with E-state index in [1.165, 1.54) is 0 Å². The molecule has 0 saturated carbocycles. The van der Waals surface area contributed by atoms with E-state index >= 15 is 0 Å². The summed E-state index contributed by atoms with van der Waals surface area (Å²) in [5, 5.41) is 0. The molecule has 0 aliphatic rings. The number of ether oxygens (including phenoxy) is 1. The van der Waals surface area contributed by atoms with E-state index in [0.29, 0.717) is 13.0 Å². The first-order valence-electron chi connectivity index (χ1n) is 5.62. The highest BCUT2D eigenvalue weighted by Gasteiger charge is 2.04. The van der Waals surface area contributed by atoms with Crippen molar-refractivity contribution in [3.05, 3.63) is 66.2 Å². The minimum absolute atomic E-state index is 0.113. The molecule has 0 aliphatic heterocycles. The summed E-state index contributed by atoms with van der Waals surface area (Å²) < 4.78 is 5.48. The van der Waals surface area contributed by atoms with Crippen LogP contribution in [0, 0.1) is 0 Å². The van der Waals surface area contributed by atoms with E-state index in [9.17, 15) is 4.79 Å². The van der Waals surface area contributed by atoms with E-state index < -0.39 is 0 Å². The fraction of sp³-hybridized carbons (Fsp3) is 0.133. The summed E-state index contributed by atoms with van der Waals surface area (Å²) in [4.78, 5) is 11.8. The van der Waals surface area contributed by atoms with Gasteiger partial charge in [0.2, 0.25) is 0 Å². The molecular formula is C15H14O2. The van der Waals surface area contributed by atoms with Crippen LogP contribution in [0.15, 0.2) is 60.7 Å². The summed E-state index contributed by atoms with van der Waals surface area (Å²) in [5.74, 6) is 0.912. The van der Waals surface area contributed by atoms with Gasteiger partial charge >= 0.3 is 0 Å². The van der Waals surface area contributed by atoms with Crippen molar-refractivity contribution < 1.29 is 9.53 Å². The molecule has 0 radical (unpaired) electrons. The number of ketones is 1. The maximum absolute atomic E-state index is 11.8. The highest BCUT2D eigenvalue weighted by atomic mass is 16.5. The number of para-hydroxylation sites is 1. The molecule has 2 aromatic carbocycles. The lowest BCUT2D eigenvalue weighted by Gasteiger charge is -2.05. The Morgan fingerprint density at radius 3 is 2.12 bits per heavy atom. The first-order valence-corrected chi connectivity index (χ1v) is 5.62. The Bertz CT molecular complexity index is 463. The quantitative estimate of drug-likeness (QED) is 0.731. The second-order valence-electron chi connectivity index (χ2n) is 3.70. The van der Waals surface area contributed by atoms with Crippen molar-refractivity contribution in [3.63, 3.8) is 0 Å². The number of hydrogen-bond acceptors (Lipinski definition) is 2. The van der Waals surface area contributed by atoms with Gasteiger partial charge in [-0.15, -0.1) is 0 Å². The van der Waals surface area contributed by atoms with Crippen molar-refractivity contribution in [1.82, 2.24) is 0 Å². The first kappa shape index (κ1) is 11.4. The number of hydrogen-bond donors (Lipinski definition) is 0. The van der Waals surface area contributed by atoms with E-state index in [1.54, 1.807) is 0 Å². The van der Waals surface area contributed by atoms with Gasteiger partial charge in [0.05, 0.1) is 6.61 Å². The van der Waals surface area contributed by atoms with Crippen molar-refractivity contribution in [2.45, 2.75) is 6.42 Å². The monoisotopic (exact) mass is 226 g/mol. The molecule has 2 rings (SSSR count). The SMILES string of the molecule is O=C(CCOc1ccccc1)c1ccccc1. The number of benzene rings is 2. The first-order chi connectivity index (χ1) is 8.36. The maximum atomic E-state index is 11.8. The van der Waals surface area contributed by atoms with Gasteiger partial charge in [-0.25, -0.2) is 0 Å². The van der Waals surface area contributed by atoms with Crippen LogP contribution >= 0.6 is 0 Å². The minimum Gasteiger partial charge on any atom is -0.493 e. The van der Waals surface area contributed by atoms with E-state index in [1.807, 2.05) is 60.7 Å². The molecule has 0 aliphatic carbocycles. The van der Waals surface area contributed by atoms with Crippen LogP contribution < -0.4 is 4.74 Å². The molecule has 86 valence electrons. The topological polar surface area (TPSA) is 26.3 Å². The van der Waals surface area contributed by atoms with Crippen LogP contribution in [0.4, 0.5) is 0 Å². The van der Waals surface area contributed by atoms with Crippen LogP contribution in [0.25, 0.3) is 0 Å². The van der Waals surface area contributed by atoms with Crippen LogP contribution in [-0.2, 0) is 0 Å². The maximum Gasteiger partial charge on any atom is 0.166 e. The van der Waals surface area contributed by atoms with Gasteiger partial charge in [0.15, 0.2) is 5.78 Å². The lowest BCUT2D eigenvalue weighted by Crippen LogP contribution is -2.06. The predicted octanol–water partition coefficient (Wildman–Crippen LogP) is 3.34. The highest BCUT2D eigenvalue weighted by Crippen LogP contribution is 2.09. The van der Waals surface area contributed by atoms with Crippen LogP contribution in [0.1, 0.15) is 16.8 Å². The smallest absolute Gasteiger partial charge is 0.166 e. The number of carbonyl (C=O) groups excluding carboxylic acids is 1. The van der Waals surface area contributed by atoms with Gasteiger partial charge in [0.1, 0.15) is 5.75 Å². The van der Waals surface area contributed by atoms with E-state index in [2.05, 4.69) is 0 Å². The molecule has 0 atom stereocenters. The molecule has 17 heavy (non-hydrogen) atoms. The Morgan fingerprint density at radius 1 is 0.882 bits per heavy atom.